The van der Waals surface area contributed by atoms with Crippen LogP contribution in [0.3, 0.4) is 0 Å². The molecular weight excluding hydrogens is 224 g/mol. The van der Waals surface area contributed by atoms with E-state index in [1.807, 2.05) is 31.1 Å². The first-order valence-corrected chi connectivity index (χ1v) is 6.21. The van der Waals surface area contributed by atoms with Crippen molar-refractivity contribution in [2.45, 2.75) is 0 Å². The first-order valence-electron chi connectivity index (χ1n) is 4.70. The maximum Gasteiger partial charge on any atom is 0.204 e. The molecule has 4 nitrogen and oxygen atoms in total. The number of hydrogen-bond donors (Lipinski definition) is 0. The highest BCUT2D eigenvalue weighted by atomic mass is 32.2. The summed E-state index contributed by atoms with van der Waals surface area (Å²) >= 11 is 0. The maximum atomic E-state index is 11.5. The van der Waals surface area contributed by atoms with Crippen LogP contribution in [0.25, 0.3) is 0 Å². The number of anilines is 1. The fourth-order valence-electron chi connectivity index (χ4n) is 1.12. The van der Waals surface area contributed by atoms with Crippen LogP contribution in [0.15, 0.2) is 28.7 Å². The number of nitrogens with zero attached hydrogens (tertiary/aromatic N) is 2. The summed E-state index contributed by atoms with van der Waals surface area (Å²) in [5.74, 6) is -0.236. The highest BCUT2D eigenvalue weighted by Gasteiger charge is 2.03. The van der Waals surface area contributed by atoms with Crippen molar-refractivity contribution in [3.8, 4) is 0 Å². The van der Waals surface area contributed by atoms with Crippen molar-refractivity contribution in [2.24, 2.45) is 4.40 Å². The molecular formula is C11H14N2O2S. The molecule has 0 aliphatic heterocycles. The van der Waals surface area contributed by atoms with Crippen LogP contribution in [-0.2, 0) is 11.0 Å². The van der Waals surface area contributed by atoms with Gasteiger partial charge in [0, 0.05) is 31.6 Å². The Bertz CT molecular complexity index is 424. The number of ketones is 1. The Labute approximate surface area is 97.6 Å². The third-order valence-corrected chi connectivity index (χ3v) is 2.39. The first kappa shape index (κ1) is 12.6. The van der Waals surface area contributed by atoms with E-state index in [0.717, 1.165) is 11.9 Å². The summed E-state index contributed by atoms with van der Waals surface area (Å²) in [7, 11) is 2.53. The van der Waals surface area contributed by atoms with Crippen LogP contribution in [0.4, 0.5) is 5.69 Å². The molecule has 1 atom stereocenters. The van der Waals surface area contributed by atoms with Gasteiger partial charge >= 0.3 is 0 Å². The van der Waals surface area contributed by atoms with Crippen molar-refractivity contribution in [2.75, 3.05) is 25.3 Å². The van der Waals surface area contributed by atoms with Gasteiger partial charge in [0.1, 0.15) is 11.0 Å². The molecule has 0 fully saturated rings. The Morgan fingerprint density at radius 3 is 2.31 bits per heavy atom. The molecule has 0 aliphatic carbocycles. The third-order valence-electron chi connectivity index (χ3n) is 1.99. The van der Waals surface area contributed by atoms with Gasteiger partial charge in [0.2, 0.25) is 5.78 Å². The predicted octanol–water partition coefficient (Wildman–Crippen LogP) is 1.30. The molecule has 1 aromatic carbocycles. The van der Waals surface area contributed by atoms with E-state index in [4.69, 9.17) is 0 Å². The molecule has 1 rings (SSSR count). The lowest BCUT2D eigenvalue weighted by atomic mass is 10.1. The maximum absolute atomic E-state index is 11.5. The molecule has 16 heavy (non-hydrogen) atoms. The third kappa shape index (κ3) is 3.58. The zero-order valence-electron chi connectivity index (χ0n) is 9.51. The minimum atomic E-state index is -1.33. The largest absolute Gasteiger partial charge is 0.378 e. The molecule has 1 aromatic rings. The van der Waals surface area contributed by atoms with Crippen LogP contribution in [-0.4, -0.2) is 36.6 Å². The van der Waals surface area contributed by atoms with E-state index in [9.17, 15) is 9.00 Å². The highest BCUT2D eigenvalue weighted by molar-refractivity contribution is 7.83. The zero-order chi connectivity index (χ0) is 12.1. The zero-order valence-corrected chi connectivity index (χ0v) is 10.3. The molecule has 5 heteroatoms. The van der Waals surface area contributed by atoms with Gasteiger partial charge in [-0.1, -0.05) is 0 Å². The fraction of sp³-hybridized carbons (Fsp3) is 0.273. The summed E-state index contributed by atoms with van der Waals surface area (Å²) in [6.07, 6.45) is 2.51. The van der Waals surface area contributed by atoms with Crippen LogP contribution in [0.1, 0.15) is 10.4 Å². The smallest absolute Gasteiger partial charge is 0.204 e. The highest BCUT2D eigenvalue weighted by Crippen LogP contribution is 2.12. The molecule has 0 heterocycles. The van der Waals surface area contributed by atoms with Gasteiger partial charge in [-0.2, -0.15) is 4.40 Å². The molecule has 0 N–H and O–H groups in total. The van der Waals surface area contributed by atoms with Crippen molar-refractivity contribution in [1.82, 2.24) is 0 Å². The number of benzene rings is 1. The second-order valence-corrected chi connectivity index (χ2v) is 4.52. The van der Waals surface area contributed by atoms with Crippen molar-refractivity contribution in [3.63, 3.8) is 0 Å². The lowest BCUT2D eigenvalue weighted by Gasteiger charge is -2.11. The van der Waals surface area contributed by atoms with E-state index in [-0.39, 0.29) is 5.78 Å². The SMILES string of the molecule is CN(C)c1ccc(C(=O)/C=N/S(C)=O)cc1. The number of Topliss-reactive ketones (excluding diaryl/α,β-unsaturated/α-hetero) is 1. The summed E-state index contributed by atoms with van der Waals surface area (Å²) in [4.78, 5) is 13.5. The lowest BCUT2D eigenvalue weighted by Crippen LogP contribution is -2.09. The molecule has 0 saturated heterocycles. The van der Waals surface area contributed by atoms with Crippen molar-refractivity contribution in [1.29, 1.82) is 0 Å². The molecule has 0 aromatic heterocycles. The Balaban J connectivity index is 2.82. The van der Waals surface area contributed by atoms with E-state index >= 15 is 0 Å². The average molecular weight is 238 g/mol. The first-order chi connectivity index (χ1) is 7.50. The van der Waals surface area contributed by atoms with E-state index in [1.54, 1.807) is 12.1 Å². The Morgan fingerprint density at radius 1 is 1.31 bits per heavy atom. The van der Waals surface area contributed by atoms with Gasteiger partial charge in [0.15, 0.2) is 0 Å². The molecule has 0 aliphatic rings. The van der Waals surface area contributed by atoms with E-state index in [0.29, 0.717) is 5.56 Å². The fourth-order valence-corrected chi connectivity index (χ4v) is 1.36. The minimum absolute atomic E-state index is 0.236. The summed E-state index contributed by atoms with van der Waals surface area (Å²) < 4.78 is 14.2. The summed E-state index contributed by atoms with van der Waals surface area (Å²) in [5.41, 5.74) is 1.56. The summed E-state index contributed by atoms with van der Waals surface area (Å²) in [6, 6.07) is 7.15. The van der Waals surface area contributed by atoms with Crippen LogP contribution in [0.5, 0.6) is 0 Å². The molecule has 0 radical (unpaired) electrons. The monoisotopic (exact) mass is 238 g/mol. The van der Waals surface area contributed by atoms with Gasteiger partial charge in [0.25, 0.3) is 0 Å². The second-order valence-electron chi connectivity index (χ2n) is 3.46. The quantitative estimate of drug-likeness (QED) is 0.587. The average Bonchev–Trinajstić information content (AvgIpc) is 2.26. The number of hydrogen-bond acceptors (Lipinski definition) is 3. The van der Waals surface area contributed by atoms with Crippen LogP contribution in [0, 0.1) is 0 Å². The van der Waals surface area contributed by atoms with Crippen molar-refractivity contribution >= 4 is 28.7 Å². The standard InChI is InChI=1S/C11H14N2O2S/c1-13(2)10-6-4-9(5-7-10)11(14)8-12-16(3)15/h4-8H,1-3H3/b12-8+. The molecule has 0 amide bonds. The summed E-state index contributed by atoms with van der Waals surface area (Å²) in [5, 5.41) is 0. The van der Waals surface area contributed by atoms with Gasteiger partial charge in [0.05, 0.1) is 6.21 Å². The number of carbonyl (C=O) groups excluding carboxylic acids is 1. The molecule has 86 valence electrons. The van der Waals surface area contributed by atoms with Crippen LogP contribution in [0.2, 0.25) is 0 Å². The van der Waals surface area contributed by atoms with Gasteiger partial charge in [-0.25, -0.2) is 4.21 Å². The normalized spacial score (nSPS) is 12.7. The Kier molecular flexibility index (Phi) is 4.37. The summed E-state index contributed by atoms with van der Waals surface area (Å²) in [6.45, 7) is 0. The molecule has 0 spiro atoms. The van der Waals surface area contributed by atoms with Crippen LogP contribution >= 0.6 is 0 Å². The van der Waals surface area contributed by atoms with Gasteiger partial charge < -0.3 is 4.90 Å². The van der Waals surface area contributed by atoms with E-state index < -0.39 is 11.0 Å². The Hall–Kier alpha value is -1.49. The Morgan fingerprint density at radius 2 is 1.88 bits per heavy atom. The number of carbonyl (C=O) groups is 1. The predicted molar refractivity (Wildman–Crippen MR) is 67.7 cm³/mol. The number of rotatable bonds is 4. The van der Waals surface area contributed by atoms with E-state index in [1.165, 1.54) is 6.26 Å². The van der Waals surface area contributed by atoms with Gasteiger partial charge in [-0.3, -0.25) is 4.79 Å². The van der Waals surface area contributed by atoms with Gasteiger partial charge in [-0.05, 0) is 24.3 Å². The minimum Gasteiger partial charge on any atom is -0.378 e. The molecule has 0 bridgehead atoms. The van der Waals surface area contributed by atoms with Crippen LogP contribution < -0.4 is 4.90 Å². The lowest BCUT2D eigenvalue weighted by molar-refractivity contribution is 0.107. The van der Waals surface area contributed by atoms with E-state index in [2.05, 4.69) is 4.40 Å². The van der Waals surface area contributed by atoms with Crippen molar-refractivity contribution < 1.29 is 9.00 Å². The van der Waals surface area contributed by atoms with Crippen molar-refractivity contribution in [3.05, 3.63) is 29.8 Å². The molecule has 1 unspecified atom stereocenters. The van der Waals surface area contributed by atoms with Gasteiger partial charge in [-0.15, -0.1) is 0 Å². The second kappa shape index (κ2) is 5.55. The molecule has 0 saturated carbocycles. The topological polar surface area (TPSA) is 49.7 Å².